The van der Waals surface area contributed by atoms with Crippen molar-refractivity contribution in [2.45, 2.75) is 76.5 Å². The Balaban J connectivity index is 1.45. The number of hydrogen-bond donors (Lipinski definition) is 6. The van der Waals surface area contributed by atoms with Crippen LogP contribution in [0.2, 0.25) is 0 Å². The van der Waals surface area contributed by atoms with E-state index < -0.39 is 41.9 Å². The smallest absolute Gasteiger partial charge is 0.245 e. The van der Waals surface area contributed by atoms with Crippen LogP contribution >= 0.6 is 0 Å². The highest BCUT2D eigenvalue weighted by molar-refractivity contribution is 5.95. The Kier molecular flexibility index (Phi) is 15.0. The second kappa shape index (κ2) is 19.3. The quantitative estimate of drug-likeness (QED) is 0.0928. The Hall–Kier alpha value is -4.10. The van der Waals surface area contributed by atoms with E-state index in [-0.39, 0.29) is 24.9 Å². The Morgan fingerprint density at radius 2 is 1.28 bits per heavy atom. The number of unbranched alkanes of at least 4 members (excludes halogenated alkanes) is 1. The molecule has 0 saturated carbocycles. The molecule has 8 N–H and O–H groups in total. The monoisotopic (exact) mass is 689 g/mol. The van der Waals surface area contributed by atoms with Crippen LogP contribution in [0.5, 0.6) is 0 Å². The number of nitrogens with two attached hydrogens (primary N) is 2. The molecule has 12 nitrogen and oxygen atoms in total. The first-order valence-corrected chi connectivity index (χ1v) is 17.8. The molecule has 4 unspecified atom stereocenters. The van der Waals surface area contributed by atoms with Crippen LogP contribution in [0.25, 0.3) is 0 Å². The molecule has 2 aromatic carbocycles. The van der Waals surface area contributed by atoms with Crippen LogP contribution in [-0.2, 0) is 32.0 Å². The first-order valence-electron chi connectivity index (χ1n) is 17.8. The SMILES string of the molecule is CC(C)CC(NC(=O)C(Cc1ccccc1)NC(=O)C(N)Cc1ccccc1)C(=O)NC(CCCCN)C(=O)N1CC2=C(CN(CCO)C2)C1. The van der Waals surface area contributed by atoms with E-state index in [0.717, 1.165) is 24.2 Å². The van der Waals surface area contributed by atoms with Crippen molar-refractivity contribution in [3.05, 3.63) is 82.9 Å². The molecule has 272 valence electrons. The Bertz CT molecular complexity index is 1430. The first-order chi connectivity index (χ1) is 24.1. The summed E-state index contributed by atoms with van der Waals surface area (Å²) in [6.45, 7) is 7.53. The molecule has 2 aliphatic heterocycles. The molecule has 2 heterocycles. The van der Waals surface area contributed by atoms with Gasteiger partial charge in [-0.05, 0) is 66.8 Å². The van der Waals surface area contributed by atoms with Gasteiger partial charge in [0.15, 0.2) is 0 Å². The molecule has 4 amide bonds. The van der Waals surface area contributed by atoms with E-state index >= 15 is 0 Å². The molecule has 50 heavy (non-hydrogen) atoms. The van der Waals surface area contributed by atoms with Crippen molar-refractivity contribution in [1.82, 2.24) is 25.8 Å². The third-order valence-electron chi connectivity index (χ3n) is 9.27. The van der Waals surface area contributed by atoms with E-state index in [4.69, 9.17) is 11.5 Å². The van der Waals surface area contributed by atoms with E-state index in [9.17, 15) is 24.3 Å². The molecule has 2 aromatic rings. The van der Waals surface area contributed by atoms with Crippen molar-refractivity contribution in [1.29, 1.82) is 0 Å². The number of nitrogens with one attached hydrogen (secondary N) is 3. The molecule has 2 aliphatic rings. The Morgan fingerprint density at radius 1 is 0.740 bits per heavy atom. The number of nitrogens with zero attached hydrogens (tertiary/aromatic N) is 2. The van der Waals surface area contributed by atoms with E-state index in [2.05, 4.69) is 20.9 Å². The summed E-state index contributed by atoms with van der Waals surface area (Å²) in [5.74, 6) is -1.53. The number of benzene rings is 2. The summed E-state index contributed by atoms with van der Waals surface area (Å²) in [6.07, 6.45) is 2.64. The summed E-state index contributed by atoms with van der Waals surface area (Å²) in [5, 5.41) is 18.1. The number of carbonyl (C=O) groups excluding carboxylic acids is 4. The van der Waals surface area contributed by atoms with Crippen LogP contribution in [0.3, 0.4) is 0 Å². The zero-order valence-corrected chi connectivity index (χ0v) is 29.5. The van der Waals surface area contributed by atoms with Crippen LogP contribution in [0, 0.1) is 5.92 Å². The van der Waals surface area contributed by atoms with Gasteiger partial charge >= 0.3 is 0 Å². The van der Waals surface area contributed by atoms with Crippen molar-refractivity contribution < 1.29 is 24.3 Å². The molecule has 0 fully saturated rings. The summed E-state index contributed by atoms with van der Waals surface area (Å²) < 4.78 is 0. The molecule has 0 saturated heterocycles. The molecule has 0 spiro atoms. The largest absolute Gasteiger partial charge is 0.395 e. The fraction of sp³-hybridized carbons (Fsp3) is 0.526. The van der Waals surface area contributed by atoms with Gasteiger partial charge in [0.1, 0.15) is 18.1 Å². The zero-order chi connectivity index (χ0) is 36.0. The van der Waals surface area contributed by atoms with Crippen LogP contribution in [0.15, 0.2) is 71.8 Å². The van der Waals surface area contributed by atoms with E-state index in [1.807, 2.05) is 74.5 Å². The topological polar surface area (TPSA) is 183 Å². The van der Waals surface area contributed by atoms with Crippen molar-refractivity contribution in [3.63, 3.8) is 0 Å². The van der Waals surface area contributed by atoms with Gasteiger partial charge in [0.25, 0.3) is 0 Å². The van der Waals surface area contributed by atoms with Crippen LogP contribution in [0.4, 0.5) is 0 Å². The number of β-amino-alcohol motifs (C(OH)–C–C–N with tert-alkyl or cyclic N) is 1. The van der Waals surface area contributed by atoms with E-state index in [1.165, 1.54) is 11.1 Å². The standard InChI is InChI=1S/C38H55N7O5/c1-26(2)19-33(36(48)41-32(15-9-10-16-39)38(50)45-24-29-22-44(17-18-46)23-30(29)25-45)43-37(49)34(21-28-13-7-4-8-14-28)42-35(47)31(40)20-27-11-5-3-6-12-27/h3-8,11-14,26,31-34,46H,9-10,15-25,39-40H2,1-2H3,(H,41,48)(H,42,47)(H,43,49). The van der Waals surface area contributed by atoms with Gasteiger partial charge in [0.2, 0.25) is 23.6 Å². The lowest BCUT2D eigenvalue weighted by Gasteiger charge is -2.29. The first kappa shape index (κ1) is 38.7. The maximum Gasteiger partial charge on any atom is 0.245 e. The molecular formula is C38H55N7O5. The summed E-state index contributed by atoms with van der Waals surface area (Å²) in [7, 11) is 0. The maximum absolute atomic E-state index is 13.9. The zero-order valence-electron chi connectivity index (χ0n) is 29.5. The van der Waals surface area contributed by atoms with Gasteiger partial charge in [0, 0.05) is 39.1 Å². The average Bonchev–Trinajstić information content (AvgIpc) is 3.67. The average molecular weight is 690 g/mol. The van der Waals surface area contributed by atoms with Crippen LogP contribution < -0.4 is 27.4 Å². The third kappa shape index (κ3) is 11.5. The number of hydrogen-bond acceptors (Lipinski definition) is 8. The lowest BCUT2D eigenvalue weighted by molar-refractivity contribution is -0.137. The van der Waals surface area contributed by atoms with Gasteiger partial charge in [-0.25, -0.2) is 0 Å². The lowest BCUT2D eigenvalue weighted by atomic mass is 9.99. The Morgan fingerprint density at radius 3 is 1.84 bits per heavy atom. The number of carbonyl (C=O) groups is 4. The summed E-state index contributed by atoms with van der Waals surface area (Å²) >= 11 is 0. The van der Waals surface area contributed by atoms with Crippen molar-refractivity contribution in [2.24, 2.45) is 17.4 Å². The predicted octanol–water partition coefficient (Wildman–Crippen LogP) is 0.875. The second-order valence-electron chi connectivity index (χ2n) is 13.9. The maximum atomic E-state index is 13.9. The normalized spacial score (nSPS) is 16.9. The predicted molar refractivity (Wildman–Crippen MR) is 194 cm³/mol. The van der Waals surface area contributed by atoms with E-state index in [0.29, 0.717) is 58.3 Å². The molecular weight excluding hydrogens is 634 g/mol. The molecule has 0 aliphatic carbocycles. The van der Waals surface area contributed by atoms with Gasteiger partial charge < -0.3 is 37.4 Å². The minimum Gasteiger partial charge on any atom is -0.395 e. The summed E-state index contributed by atoms with van der Waals surface area (Å²) in [6, 6.07) is 15.2. The number of aliphatic hydroxyl groups excluding tert-OH is 1. The highest BCUT2D eigenvalue weighted by Crippen LogP contribution is 2.26. The molecule has 0 radical (unpaired) electrons. The molecule has 4 rings (SSSR count). The highest BCUT2D eigenvalue weighted by atomic mass is 16.3. The second-order valence-corrected chi connectivity index (χ2v) is 13.9. The third-order valence-corrected chi connectivity index (χ3v) is 9.27. The minimum atomic E-state index is -0.986. The fourth-order valence-corrected chi connectivity index (χ4v) is 6.63. The molecule has 12 heteroatoms. The fourth-order valence-electron chi connectivity index (χ4n) is 6.63. The van der Waals surface area contributed by atoms with Crippen LogP contribution in [-0.4, -0.2) is 109 Å². The van der Waals surface area contributed by atoms with Gasteiger partial charge in [-0.3, -0.25) is 24.1 Å². The summed E-state index contributed by atoms with van der Waals surface area (Å²) in [5.41, 5.74) is 16.2. The van der Waals surface area contributed by atoms with Gasteiger partial charge in [-0.2, -0.15) is 0 Å². The molecule has 0 bridgehead atoms. The lowest BCUT2D eigenvalue weighted by Crippen LogP contribution is -2.58. The van der Waals surface area contributed by atoms with E-state index in [1.54, 1.807) is 4.90 Å². The minimum absolute atomic E-state index is 0.0477. The number of amides is 4. The van der Waals surface area contributed by atoms with Gasteiger partial charge in [-0.15, -0.1) is 0 Å². The van der Waals surface area contributed by atoms with Gasteiger partial charge in [0.05, 0.1) is 12.6 Å². The molecule has 0 aromatic heterocycles. The Labute approximate surface area is 296 Å². The van der Waals surface area contributed by atoms with Gasteiger partial charge in [-0.1, -0.05) is 74.5 Å². The number of aliphatic hydroxyl groups is 1. The summed E-state index contributed by atoms with van der Waals surface area (Å²) in [4.78, 5) is 58.9. The number of rotatable bonds is 19. The van der Waals surface area contributed by atoms with Crippen LogP contribution in [0.1, 0.15) is 50.7 Å². The highest BCUT2D eigenvalue weighted by Gasteiger charge is 2.36. The molecule has 4 atom stereocenters. The van der Waals surface area contributed by atoms with Crippen molar-refractivity contribution >= 4 is 23.6 Å². The van der Waals surface area contributed by atoms with Crippen molar-refractivity contribution in [2.75, 3.05) is 45.9 Å². The van der Waals surface area contributed by atoms with Crippen molar-refractivity contribution in [3.8, 4) is 0 Å².